The lowest BCUT2D eigenvalue weighted by atomic mass is 9.51. The van der Waals surface area contributed by atoms with Crippen molar-refractivity contribution in [2.24, 2.45) is 5.92 Å². The lowest BCUT2D eigenvalue weighted by Gasteiger charge is -2.56. The van der Waals surface area contributed by atoms with Crippen LogP contribution in [0.25, 0.3) is 11.1 Å². The summed E-state index contributed by atoms with van der Waals surface area (Å²) < 4.78 is 25.6. The largest absolute Gasteiger partial charge is 0.384 e. The highest BCUT2D eigenvalue weighted by Crippen LogP contribution is 2.63. The average Bonchev–Trinajstić information content (AvgIpc) is 2.80. The van der Waals surface area contributed by atoms with Gasteiger partial charge in [0, 0.05) is 12.0 Å². The van der Waals surface area contributed by atoms with Gasteiger partial charge in [0.1, 0.15) is 4.90 Å². The van der Waals surface area contributed by atoms with Gasteiger partial charge < -0.3 is 5.11 Å². The van der Waals surface area contributed by atoms with Crippen LogP contribution < -0.4 is 0 Å². The van der Waals surface area contributed by atoms with E-state index in [-0.39, 0.29) is 22.5 Å². The monoisotopic (exact) mass is 449 g/mol. The Labute approximate surface area is 186 Å². The van der Waals surface area contributed by atoms with Crippen LogP contribution >= 0.6 is 0 Å². The fraction of sp³-hybridized carbons (Fsp3) is 0.280. The second-order valence-electron chi connectivity index (χ2n) is 8.63. The van der Waals surface area contributed by atoms with Crippen LogP contribution in [0.4, 0.5) is 5.69 Å². The standard InChI is InChI=1S/C25H23NO5S/c27-25-17(8-7-15-32(30,31)24-14-6-5-13-23(24)26(28)29)16-22(25)20-11-2-1-9-18(20)19-10-3-4-12-21(19)25/h1-6,9-14,17,22,27H,7-8,15-16H2/t17-,22+,25+/m0/s1. The molecule has 0 unspecified atom stereocenters. The van der Waals surface area contributed by atoms with Crippen LogP contribution in [-0.2, 0) is 15.4 Å². The van der Waals surface area contributed by atoms with E-state index in [1.54, 1.807) is 0 Å². The molecule has 0 bridgehead atoms. The molecule has 7 heteroatoms. The minimum atomic E-state index is -3.80. The molecule has 6 nitrogen and oxygen atoms in total. The van der Waals surface area contributed by atoms with Gasteiger partial charge in [-0.3, -0.25) is 10.1 Å². The molecule has 0 radical (unpaired) electrons. The van der Waals surface area contributed by atoms with E-state index in [0.717, 1.165) is 28.7 Å². The summed E-state index contributed by atoms with van der Waals surface area (Å²) in [5.74, 6) is -0.263. The number of aliphatic hydroxyl groups is 1. The fourth-order valence-corrected chi connectivity index (χ4v) is 7.01. The molecule has 5 rings (SSSR count). The molecule has 164 valence electrons. The summed E-state index contributed by atoms with van der Waals surface area (Å²) in [6, 6.07) is 21.5. The number of hydrogen-bond donors (Lipinski definition) is 1. The van der Waals surface area contributed by atoms with E-state index in [9.17, 15) is 23.6 Å². The van der Waals surface area contributed by atoms with Crippen molar-refractivity contribution in [2.75, 3.05) is 5.75 Å². The molecule has 3 aromatic rings. The number of nitrogens with zero attached hydrogens (tertiary/aromatic N) is 1. The van der Waals surface area contributed by atoms with E-state index in [0.29, 0.717) is 12.8 Å². The Morgan fingerprint density at radius 2 is 1.62 bits per heavy atom. The highest BCUT2D eigenvalue weighted by molar-refractivity contribution is 7.91. The van der Waals surface area contributed by atoms with Crippen LogP contribution in [0.15, 0.2) is 77.7 Å². The predicted octanol–water partition coefficient (Wildman–Crippen LogP) is 4.82. The number of benzene rings is 3. The first-order chi connectivity index (χ1) is 15.3. The Kier molecular flexibility index (Phi) is 4.91. The van der Waals surface area contributed by atoms with Crippen LogP contribution in [0.5, 0.6) is 0 Å². The molecular formula is C25H23NO5S. The number of hydrogen-bond acceptors (Lipinski definition) is 5. The number of rotatable bonds is 6. The van der Waals surface area contributed by atoms with Gasteiger partial charge in [-0.05, 0) is 53.5 Å². The summed E-state index contributed by atoms with van der Waals surface area (Å²) in [4.78, 5) is 10.3. The van der Waals surface area contributed by atoms with Gasteiger partial charge in [-0.1, -0.05) is 60.7 Å². The van der Waals surface area contributed by atoms with Crippen molar-refractivity contribution in [3.8, 4) is 11.1 Å². The van der Waals surface area contributed by atoms with E-state index >= 15 is 0 Å². The molecule has 2 aliphatic rings. The van der Waals surface area contributed by atoms with Gasteiger partial charge in [-0.15, -0.1) is 0 Å². The van der Waals surface area contributed by atoms with Gasteiger partial charge in [-0.25, -0.2) is 8.42 Å². The molecule has 3 aromatic carbocycles. The van der Waals surface area contributed by atoms with Crippen LogP contribution in [0.1, 0.15) is 36.3 Å². The Hall–Kier alpha value is -3.03. The van der Waals surface area contributed by atoms with Crippen molar-refractivity contribution in [1.29, 1.82) is 0 Å². The molecule has 0 aliphatic heterocycles. The van der Waals surface area contributed by atoms with Crippen molar-refractivity contribution in [3.05, 3.63) is 94.0 Å². The van der Waals surface area contributed by atoms with Gasteiger partial charge >= 0.3 is 0 Å². The maximum Gasteiger partial charge on any atom is 0.287 e. The molecule has 1 fully saturated rings. The molecule has 0 aromatic heterocycles. The zero-order valence-corrected chi connectivity index (χ0v) is 18.2. The first-order valence-corrected chi connectivity index (χ1v) is 12.4. The topological polar surface area (TPSA) is 97.5 Å². The Morgan fingerprint density at radius 3 is 2.41 bits per heavy atom. The SMILES string of the molecule is O=[N+]([O-])c1ccccc1S(=O)(=O)CCC[C@H]1C[C@@H]2c3ccccc3-c3ccccc3[C@]12O. The highest BCUT2D eigenvalue weighted by Gasteiger charge is 2.58. The van der Waals surface area contributed by atoms with E-state index in [2.05, 4.69) is 12.1 Å². The predicted molar refractivity (Wildman–Crippen MR) is 121 cm³/mol. The summed E-state index contributed by atoms with van der Waals surface area (Å²) in [5, 5.41) is 23.0. The van der Waals surface area contributed by atoms with Crippen LogP contribution in [0.3, 0.4) is 0 Å². The Bertz CT molecular complexity index is 1320. The van der Waals surface area contributed by atoms with Crippen molar-refractivity contribution in [1.82, 2.24) is 0 Å². The van der Waals surface area contributed by atoms with Gasteiger partial charge in [0.2, 0.25) is 0 Å². The summed E-state index contributed by atoms with van der Waals surface area (Å²) in [5.41, 5.74) is 2.80. The molecule has 32 heavy (non-hydrogen) atoms. The Balaban J connectivity index is 1.37. The first-order valence-electron chi connectivity index (χ1n) is 10.7. The fourth-order valence-electron chi connectivity index (χ4n) is 5.49. The lowest BCUT2D eigenvalue weighted by molar-refractivity contribution is -0.387. The minimum absolute atomic E-state index is 0.00887. The van der Waals surface area contributed by atoms with Crippen LogP contribution in [0, 0.1) is 16.0 Å². The number of fused-ring (bicyclic) bond motifs is 6. The quantitative estimate of drug-likeness (QED) is 0.430. The smallest absolute Gasteiger partial charge is 0.287 e. The molecule has 0 saturated heterocycles. The number of nitro groups is 1. The van der Waals surface area contributed by atoms with Gasteiger partial charge in [0.25, 0.3) is 5.69 Å². The van der Waals surface area contributed by atoms with Crippen molar-refractivity contribution < 1.29 is 18.4 Å². The van der Waals surface area contributed by atoms with Crippen molar-refractivity contribution in [2.45, 2.75) is 35.7 Å². The second-order valence-corrected chi connectivity index (χ2v) is 10.7. The maximum atomic E-state index is 12.8. The molecule has 0 amide bonds. The number of sulfone groups is 1. The minimum Gasteiger partial charge on any atom is -0.384 e. The third-order valence-corrected chi connectivity index (χ3v) is 8.86. The van der Waals surface area contributed by atoms with E-state index < -0.39 is 26.0 Å². The van der Waals surface area contributed by atoms with E-state index in [1.807, 2.05) is 36.4 Å². The molecule has 0 spiro atoms. The normalized spacial score (nSPS) is 23.4. The molecule has 1 saturated carbocycles. The first kappa shape index (κ1) is 20.8. The van der Waals surface area contributed by atoms with Crippen molar-refractivity contribution >= 4 is 15.5 Å². The van der Waals surface area contributed by atoms with Gasteiger partial charge in [0.15, 0.2) is 9.84 Å². The summed E-state index contributed by atoms with van der Waals surface area (Å²) >= 11 is 0. The third kappa shape index (κ3) is 3.07. The summed E-state index contributed by atoms with van der Waals surface area (Å²) in [6.07, 6.45) is 1.65. The summed E-state index contributed by atoms with van der Waals surface area (Å²) in [7, 11) is -3.80. The van der Waals surface area contributed by atoms with Gasteiger partial charge in [0.05, 0.1) is 16.3 Å². The molecule has 2 aliphatic carbocycles. The molecular weight excluding hydrogens is 426 g/mol. The molecule has 1 N–H and O–H groups in total. The Morgan fingerprint density at radius 1 is 0.969 bits per heavy atom. The van der Waals surface area contributed by atoms with Gasteiger partial charge in [-0.2, -0.15) is 0 Å². The van der Waals surface area contributed by atoms with Crippen LogP contribution in [0.2, 0.25) is 0 Å². The van der Waals surface area contributed by atoms with E-state index in [1.165, 1.54) is 24.3 Å². The lowest BCUT2D eigenvalue weighted by Crippen LogP contribution is -2.53. The number of nitro benzene ring substituents is 1. The second kappa shape index (κ2) is 7.53. The third-order valence-electron chi connectivity index (χ3n) is 7.02. The average molecular weight is 450 g/mol. The number of para-hydroxylation sites is 1. The maximum absolute atomic E-state index is 12.8. The van der Waals surface area contributed by atoms with E-state index in [4.69, 9.17) is 0 Å². The highest BCUT2D eigenvalue weighted by atomic mass is 32.2. The molecule has 0 heterocycles. The summed E-state index contributed by atoms with van der Waals surface area (Å²) in [6.45, 7) is 0. The van der Waals surface area contributed by atoms with Crippen molar-refractivity contribution in [3.63, 3.8) is 0 Å². The zero-order valence-electron chi connectivity index (χ0n) is 17.3. The molecule has 3 atom stereocenters. The zero-order chi connectivity index (χ0) is 22.5. The van der Waals surface area contributed by atoms with Crippen LogP contribution in [-0.4, -0.2) is 24.2 Å².